The van der Waals surface area contributed by atoms with E-state index >= 15 is 0 Å². The molecule has 4 nitrogen and oxygen atoms in total. The summed E-state index contributed by atoms with van der Waals surface area (Å²) >= 11 is 0. The van der Waals surface area contributed by atoms with Crippen LogP contribution in [0.3, 0.4) is 0 Å². The van der Waals surface area contributed by atoms with Gasteiger partial charge in [0.1, 0.15) is 0 Å². The van der Waals surface area contributed by atoms with Gasteiger partial charge >= 0.3 is 0 Å². The lowest BCUT2D eigenvalue weighted by Crippen LogP contribution is -2.23. The minimum Gasteiger partial charge on any atom is -0.448 e. The van der Waals surface area contributed by atoms with Crippen LogP contribution >= 0.6 is 8.35 Å². The molecular weight excluding hydrogens is 201 g/mol. The largest absolute Gasteiger partial charge is 0.448 e. The van der Waals surface area contributed by atoms with Crippen LogP contribution in [0, 0.1) is 0 Å². The Morgan fingerprint density at radius 2 is 2.14 bits per heavy atom. The summed E-state index contributed by atoms with van der Waals surface area (Å²) in [5.74, 6) is 2.51. The summed E-state index contributed by atoms with van der Waals surface area (Å²) in [7, 11) is 2.47. The Kier molecular flexibility index (Phi) is 4.80. The molecule has 0 aliphatic heterocycles. The molecule has 0 N–H and O–H groups in total. The van der Waals surface area contributed by atoms with Crippen molar-refractivity contribution in [2.45, 2.75) is 26.4 Å². The first kappa shape index (κ1) is 11.4. The molecule has 0 fully saturated rings. The van der Waals surface area contributed by atoms with Gasteiger partial charge in [0.25, 0.3) is 0 Å². The minimum atomic E-state index is -0.360. The van der Waals surface area contributed by atoms with Gasteiger partial charge in [0.05, 0.1) is 0 Å². The number of hydrogen-bond acceptors (Lipinski definition) is 4. The van der Waals surface area contributed by atoms with E-state index in [-0.39, 0.29) is 12.6 Å². The van der Waals surface area contributed by atoms with Crippen molar-refractivity contribution in [1.29, 1.82) is 0 Å². The molecule has 1 heterocycles. The summed E-state index contributed by atoms with van der Waals surface area (Å²) < 4.78 is 19.8. The molecule has 1 rings (SSSR count). The average molecular weight is 215 g/mol. The topological polar surface area (TPSA) is 40.6 Å². The maximum absolute atomic E-state index is 5.40. The van der Waals surface area contributed by atoms with E-state index in [1.54, 1.807) is 20.1 Å². The lowest BCUT2D eigenvalue weighted by molar-refractivity contribution is -0.193. The molecule has 0 aromatic carbocycles. The van der Waals surface area contributed by atoms with Crippen LogP contribution in [0.25, 0.3) is 0 Å². The summed E-state index contributed by atoms with van der Waals surface area (Å²) in [5.41, 5.74) is 0. The molecule has 0 radical (unpaired) electrons. The van der Waals surface area contributed by atoms with Crippen LogP contribution < -0.4 is 4.74 Å². The Bertz CT molecular complexity index is 257. The van der Waals surface area contributed by atoms with E-state index in [0.29, 0.717) is 5.88 Å². The van der Waals surface area contributed by atoms with Gasteiger partial charge in [0.15, 0.2) is 6.29 Å². The smallest absolute Gasteiger partial charge is 0.219 e. The molecule has 1 aromatic rings. The third-order valence-corrected chi connectivity index (χ3v) is 2.17. The summed E-state index contributed by atoms with van der Waals surface area (Å²) in [6.45, 7) is 3.62. The van der Waals surface area contributed by atoms with E-state index < -0.39 is 0 Å². The van der Waals surface area contributed by atoms with Crippen LogP contribution in [0.15, 0.2) is 17.9 Å². The van der Waals surface area contributed by atoms with Crippen LogP contribution in [0.1, 0.15) is 13.8 Å². The van der Waals surface area contributed by atoms with E-state index in [0.717, 1.165) is 8.35 Å². The monoisotopic (exact) mass is 215 g/mol. The van der Waals surface area contributed by atoms with Crippen molar-refractivity contribution in [1.82, 2.24) is 4.75 Å². The van der Waals surface area contributed by atoms with E-state index in [1.165, 1.54) is 0 Å². The lowest BCUT2D eigenvalue weighted by atomic mass is 10.6. The van der Waals surface area contributed by atoms with Crippen LogP contribution in [0.4, 0.5) is 0 Å². The van der Waals surface area contributed by atoms with E-state index in [1.807, 2.05) is 18.8 Å². The normalized spacial score (nSPS) is 15.4. The van der Waals surface area contributed by atoms with Crippen LogP contribution in [-0.2, 0) is 9.47 Å². The standard InChI is InChI=1S/C9H14NO3P/c1-7(11-3)12-8(2)13-9-5-4-6-14-10-9/h4-8H,1-3H3. The molecule has 0 aliphatic rings. The highest BCUT2D eigenvalue weighted by Gasteiger charge is 2.08. The number of aromatic nitrogens is 1. The Hall–Kier alpha value is -0.700. The third kappa shape index (κ3) is 4.01. The molecule has 0 aliphatic carbocycles. The molecule has 14 heavy (non-hydrogen) atoms. The fraction of sp³-hybridized carbons (Fsp3) is 0.556. The lowest BCUT2D eigenvalue weighted by Gasteiger charge is -2.18. The van der Waals surface area contributed by atoms with Gasteiger partial charge in [-0.3, -0.25) is 0 Å². The molecule has 78 valence electrons. The second kappa shape index (κ2) is 5.91. The van der Waals surface area contributed by atoms with Gasteiger partial charge in [0, 0.05) is 21.5 Å². The van der Waals surface area contributed by atoms with Crippen LogP contribution in [0.5, 0.6) is 5.88 Å². The quantitative estimate of drug-likeness (QED) is 0.707. The molecule has 0 amide bonds. The van der Waals surface area contributed by atoms with Gasteiger partial charge < -0.3 is 14.2 Å². The first-order valence-corrected chi connectivity index (χ1v) is 5.26. The van der Waals surface area contributed by atoms with Gasteiger partial charge in [-0.15, -0.1) is 0 Å². The van der Waals surface area contributed by atoms with Crippen molar-refractivity contribution in [2.75, 3.05) is 7.11 Å². The van der Waals surface area contributed by atoms with Crippen molar-refractivity contribution >= 4 is 8.35 Å². The molecule has 0 saturated carbocycles. The molecule has 2 unspecified atom stereocenters. The van der Waals surface area contributed by atoms with Gasteiger partial charge in [-0.1, -0.05) is 6.07 Å². The predicted octanol–water partition coefficient (Wildman–Crippen LogP) is 2.40. The molecular formula is C9H14NO3P. The second-order valence-corrected chi connectivity index (χ2v) is 3.42. The predicted molar refractivity (Wildman–Crippen MR) is 54.4 cm³/mol. The summed E-state index contributed by atoms with van der Waals surface area (Å²) in [5, 5.41) is 0. The van der Waals surface area contributed by atoms with E-state index in [9.17, 15) is 0 Å². The third-order valence-electron chi connectivity index (χ3n) is 1.55. The van der Waals surface area contributed by atoms with E-state index in [4.69, 9.17) is 14.2 Å². The van der Waals surface area contributed by atoms with Gasteiger partial charge in [-0.2, -0.15) is 4.75 Å². The highest BCUT2D eigenvalue weighted by Crippen LogP contribution is 2.12. The number of nitrogens with zero attached hydrogens (tertiary/aromatic N) is 1. The zero-order chi connectivity index (χ0) is 10.4. The maximum Gasteiger partial charge on any atom is 0.219 e. The minimum absolute atomic E-state index is 0.276. The van der Waals surface area contributed by atoms with Gasteiger partial charge in [-0.25, -0.2) is 0 Å². The molecule has 1 aromatic heterocycles. The summed E-state index contributed by atoms with van der Waals surface area (Å²) in [6, 6.07) is 3.70. The molecule has 0 bridgehead atoms. The van der Waals surface area contributed by atoms with Crippen molar-refractivity contribution in [3.05, 3.63) is 17.9 Å². The van der Waals surface area contributed by atoms with Crippen LogP contribution in [0.2, 0.25) is 0 Å². The van der Waals surface area contributed by atoms with Crippen molar-refractivity contribution < 1.29 is 14.2 Å². The van der Waals surface area contributed by atoms with Crippen molar-refractivity contribution in [2.24, 2.45) is 0 Å². The van der Waals surface area contributed by atoms with Gasteiger partial charge in [0.2, 0.25) is 12.2 Å². The Morgan fingerprint density at radius 1 is 1.36 bits per heavy atom. The van der Waals surface area contributed by atoms with Gasteiger partial charge in [-0.05, 0) is 19.6 Å². The molecule has 2 atom stereocenters. The van der Waals surface area contributed by atoms with E-state index in [2.05, 4.69) is 4.75 Å². The van der Waals surface area contributed by atoms with Crippen molar-refractivity contribution in [3.8, 4) is 5.88 Å². The highest BCUT2D eigenvalue weighted by atomic mass is 31.0. The summed E-state index contributed by atoms with van der Waals surface area (Å²) in [4.78, 5) is 0. The number of methoxy groups -OCH3 is 1. The average Bonchev–Trinajstić information content (AvgIpc) is 2.19. The number of rotatable bonds is 5. The first-order valence-electron chi connectivity index (χ1n) is 4.35. The zero-order valence-electron chi connectivity index (χ0n) is 8.51. The zero-order valence-corrected chi connectivity index (χ0v) is 9.40. The maximum atomic E-state index is 5.40. The SMILES string of the molecule is COC(C)OC(C)Oc1cccpn1. The van der Waals surface area contributed by atoms with Crippen LogP contribution in [-0.4, -0.2) is 24.4 Å². The molecule has 0 spiro atoms. The molecule has 5 heteroatoms. The Balaban J connectivity index is 2.37. The fourth-order valence-corrected chi connectivity index (χ4v) is 1.33. The Labute approximate surface area is 85.4 Å². The molecule has 0 saturated heterocycles. The second-order valence-electron chi connectivity index (χ2n) is 2.69. The summed E-state index contributed by atoms with van der Waals surface area (Å²) in [6.07, 6.45) is -0.635. The number of hydrogen-bond donors (Lipinski definition) is 0. The fourth-order valence-electron chi connectivity index (χ4n) is 0.874. The first-order chi connectivity index (χ1) is 6.72. The van der Waals surface area contributed by atoms with Crippen molar-refractivity contribution in [3.63, 3.8) is 0 Å². The number of ether oxygens (including phenoxy) is 3. The Morgan fingerprint density at radius 3 is 2.71 bits per heavy atom. The highest BCUT2D eigenvalue weighted by molar-refractivity contribution is 7.24.